The van der Waals surface area contributed by atoms with Gasteiger partial charge in [-0.1, -0.05) is 18.0 Å². The highest BCUT2D eigenvalue weighted by molar-refractivity contribution is 6.34. The fraction of sp³-hybridized carbons (Fsp3) is 0.621. The van der Waals surface area contributed by atoms with E-state index in [1.54, 1.807) is 14.1 Å². The molecular formula is C29H36ClN3O7. The fourth-order valence-corrected chi connectivity index (χ4v) is 8.09. The number of likely N-dealkylation sites (N-methyl/N-ethyl adjacent to an activating group) is 1. The van der Waals surface area contributed by atoms with Gasteiger partial charge in [0.1, 0.15) is 5.75 Å². The number of primary amides is 1. The number of fused-ring (bicyclic) bond motifs is 3. The van der Waals surface area contributed by atoms with Gasteiger partial charge in [0.2, 0.25) is 5.91 Å². The number of carbonyl (C=O) groups excluding carboxylic acids is 5. The van der Waals surface area contributed by atoms with E-state index in [4.69, 9.17) is 17.3 Å². The van der Waals surface area contributed by atoms with Gasteiger partial charge in [0.15, 0.2) is 34.7 Å². The van der Waals surface area contributed by atoms with Crippen LogP contribution in [0.2, 0.25) is 5.02 Å². The van der Waals surface area contributed by atoms with E-state index in [1.165, 1.54) is 11.0 Å². The normalized spacial score (nSPS) is 36.3. The van der Waals surface area contributed by atoms with Gasteiger partial charge in [0.05, 0.1) is 17.5 Å². The number of hydrogen-bond donors (Lipinski definition) is 3. The van der Waals surface area contributed by atoms with Crippen molar-refractivity contribution in [2.24, 2.45) is 29.4 Å². The number of phenols is 1. The molecule has 0 radical (unpaired) electrons. The summed E-state index contributed by atoms with van der Waals surface area (Å²) in [4.78, 5) is 70.2. The summed E-state index contributed by atoms with van der Waals surface area (Å²) in [5.41, 5.74) is 3.65. The summed E-state index contributed by atoms with van der Waals surface area (Å²) in [6.07, 6.45) is 3.38. The first-order valence-electron chi connectivity index (χ1n) is 13.8. The molecule has 10 nitrogen and oxygen atoms in total. The number of aromatic hydroxyl groups is 1. The maximum absolute atomic E-state index is 13.9. The van der Waals surface area contributed by atoms with Gasteiger partial charge in [-0.05, 0) is 76.7 Å². The van der Waals surface area contributed by atoms with Crippen molar-refractivity contribution in [3.63, 3.8) is 0 Å². The van der Waals surface area contributed by atoms with E-state index in [0.717, 1.165) is 19.3 Å². The topological polar surface area (TPSA) is 158 Å². The summed E-state index contributed by atoms with van der Waals surface area (Å²) in [5, 5.41) is 23.0. The van der Waals surface area contributed by atoms with Crippen LogP contribution < -0.4 is 5.73 Å². The van der Waals surface area contributed by atoms with Crippen LogP contribution in [0.5, 0.6) is 5.75 Å². The van der Waals surface area contributed by atoms with E-state index >= 15 is 0 Å². The van der Waals surface area contributed by atoms with Crippen molar-refractivity contribution in [2.75, 3.05) is 14.1 Å². The molecule has 4 N–H and O–H groups in total. The number of halogens is 1. The molecule has 3 aliphatic carbocycles. The van der Waals surface area contributed by atoms with Gasteiger partial charge in [0, 0.05) is 29.6 Å². The number of phenolic OH excluding ortho intramolecular Hbond substituents is 1. The minimum absolute atomic E-state index is 0.00853. The number of aliphatic hydroxyl groups is 1. The van der Waals surface area contributed by atoms with Gasteiger partial charge in [0.25, 0.3) is 0 Å². The molecule has 4 aliphatic rings. The van der Waals surface area contributed by atoms with Crippen LogP contribution in [0.25, 0.3) is 0 Å². The highest BCUT2D eigenvalue weighted by Gasteiger charge is 2.69. The molecule has 1 aliphatic heterocycles. The largest absolute Gasteiger partial charge is 0.507 e. The predicted molar refractivity (Wildman–Crippen MR) is 145 cm³/mol. The van der Waals surface area contributed by atoms with Gasteiger partial charge in [-0.3, -0.25) is 33.8 Å². The third-order valence-electron chi connectivity index (χ3n) is 9.80. The van der Waals surface area contributed by atoms with Gasteiger partial charge in [-0.25, -0.2) is 0 Å². The zero-order valence-electron chi connectivity index (χ0n) is 23.1. The predicted octanol–water partition coefficient (Wildman–Crippen LogP) is 1.28. The second-order valence-electron chi connectivity index (χ2n) is 12.3. The Morgan fingerprint density at radius 1 is 1.15 bits per heavy atom. The minimum atomic E-state index is -2.74. The van der Waals surface area contributed by atoms with Crippen LogP contribution in [0.15, 0.2) is 6.07 Å². The molecule has 0 bridgehead atoms. The number of carbonyl (C=O) groups is 5. The standard InChI is InChI=1S/C29H36ClN3O7/c1-12-6-5-7-13(2)33(12)11-15-10-18(34)20-16(22(15)30)8-14-9-17-23(32(3)4)25(36)21(28(31)39)27(38)29(17,40)26(37)19(14)24(20)35/h10,12-14,17,19,21,23,34,40H,5-9,11H2,1-4H3,(H2,31,39)/t12-,13-,14-,17-,19?,21?,23-,29-/m0/s1. The van der Waals surface area contributed by atoms with Crippen molar-refractivity contribution in [3.8, 4) is 5.75 Å². The number of amides is 1. The monoisotopic (exact) mass is 573 g/mol. The Bertz CT molecular complexity index is 1320. The molecule has 3 fully saturated rings. The molecule has 1 saturated heterocycles. The fourth-order valence-electron chi connectivity index (χ4n) is 7.81. The van der Waals surface area contributed by atoms with E-state index in [2.05, 4.69) is 18.7 Å². The van der Waals surface area contributed by atoms with Crippen LogP contribution in [0, 0.1) is 23.7 Å². The summed E-state index contributed by atoms with van der Waals surface area (Å²) >= 11 is 6.90. The summed E-state index contributed by atoms with van der Waals surface area (Å²) in [6.45, 7) is 4.80. The summed E-state index contributed by atoms with van der Waals surface area (Å²) in [7, 11) is 3.11. The first-order valence-corrected chi connectivity index (χ1v) is 14.2. The summed E-state index contributed by atoms with van der Waals surface area (Å²) in [6, 6.07) is 0.977. The van der Waals surface area contributed by atoms with E-state index in [1.807, 2.05) is 0 Å². The maximum Gasteiger partial charge on any atom is 0.235 e. The second kappa shape index (κ2) is 10.0. The SMILES string of the molecule is C[C@H]1CCC[C@H](C)N1Cc1cc(O)c2c(c1Cl)C[C@H]1C[C@H]3[C@H](N(C)C)C(=O)C(C(N)=O)C(=O)[C@@]3(O)C(=O)C1C2=O. The summed E-state index contributed by atoms with van der Waals surface area (Å²) in [5.74, 6) is -10.7. The lowest BCUT2D eigenvalue weighted by molar-refractivity contribution is -0.181. The molecule has 11 heteroatoms. The van der Waals surface area contributed by atoms with Crippen molar-refractivity contribution in [2.45, 2.75) is 76.2 Å². The number of piperidine rings is 1. The Labute approximate surface area is 237 Å². The number of hydrogen-bond acceptors (Lipinski definition) is 9. The number of nitrogens with zero attached hydrogens (tertiary/aromatic N) is 2. The van der Waals surface area contributed by atoms with Crippen molar-refractivity contribution < 1.29 is 34.2 Å². The van der Waals surface area contributed by atoms with Crippen LogP contribution in [0.3, 0.4) is 0 Å². The number of nitrogens with two attached hydrogens (primary N) is 1. The molecule has 1 amide bonds. The first kappa shape index (κ1) is 28.9. The minimum Gasteiger partial charge on any atom is -0.507 e. The van der Waals surface area contributed by atoms with Crippen LogP contribution in [0.1, 0.15) is 61.0 Å². The molecule has 2 unspecified atom stereocenters. The van der Waals surface area contributed by atoms with Gasteiger partial charge in [-0.15, -0.1) is 0 Å². The lowest BCUT2D eigenvalue weighted by Crippen LogP contribution is -2.74. The van der Waals surface area contributed by atoms with Crippen LogP contribution in [0.4, 0.5) is 0 Å². The molecule has 5 rings (SSSR count). The average Bonchev–Trinajstić information content (AvgIpc) is 2.86. The van der Waals surface area contributed by atoms with Gasteiger partial charge >= 0.3 is 0 Å². The van der Waals surface area contributed by atoms with E-state index in [-0.39, 0.29) is 24.2 Å². The molecule has 40 heavy (non-hydrogen) atoms. The number of likely N-dealkylation sites (tertiary alicyclic amines) is 1. The van der Waals surface area contributed by atoms with Gasteiger partial charge < -0.3 is 15.9 Å². The Kier molecular flexibility index (Phi) is 7.22. The highest BCUT2D eigenvalue weighted by atomic mass is 35.5. The van der Waals surface area contributed by atoms with Crippen molar-refractivity contribution in [1.29, 1.82) is 0 Å². The second-order valence-corrected chi connectivity index (χ2v) is 12.7. The molecule has 2 saturated carbocycles. The zero-order chi connectivity index (χ0) is 29.4. The Balaban J connectivity index is 1.57. The van der Waals surface area contributed by atoms with Crippen molar-refractivity contribution in [3.05, 3.63) is 27.8 Å². The van der Waals surface area contributed by atoms with Crippen molar-refractivity contribution in [1.82, 2.24) is 9.80 Å². The lowest BCUT2D eigenvalue weighted by Gasteiger charge is -2.52. The molecular weight excluding hydrogens is 538 g/mol. The molecule has 1 aromatic carbocycles. The summed E-state index contributed by atoms with van der Waals surface area (Å²) < 4.78 is 0. The smallest absolute Gasteiger partial charge is 0.235 e. The number of Topliss-reactive ketones (excluding diaryl/α,β-unsaturated/α-hetero) is 4. The van der Waals surface area contributed by atoms with E-state index in [0.29, 0.717) is 34.8 Å². The quantitative estimate of drug-likeness (QED) is 0.451. The highest BCUT2D eigenvalue weighted by Crippen LogP contribution is 2.52. The lowest BCUT2D eigenvalue weighted by atomic mass is 9.52. The Morgan fingerprint density at radius 2 is 1.77 bits per heavy atom. The van der Waals surface area contributed by atoms with Crippen LogP contribution >= 0.6 is 11.6 Å². The number of rotatable bonds is 4. The van der Waals surface area contributed by atoms with E-state index < -0.39 is 64.4 Å². The first-order chi connectivity index (χ1) is 18.7. The molecule has 1 aromatic rings. The molecule has 0 spiro atoms. The number of benzene rings is 1. The zero-order valence-corrected chi connectivity index (χ0v) is 23.9. The van der Waals surface area contributed by atoms with Gasteiger partial charge in [-0.2, -0.15) is 0 Å². The number of ketones is 4. The average molecular weight is 574 g/mol. The molecule has 0 aromatic heterocycles. The molecule has 216 valence electrons. The maximum atomic E-state index is 13.9. The molecule has 8 atom stereocenters. The Hall–Kier alpha value is -2.66. The van der Waals surface area contributed by atoms with Crippen molar-refractivity contribution >= 4 is 40.6 Å². The van der Waals surface area contributed by atoms with Crippen LogP contribution in [-0.2, 0) is 32.1 Å². The third-order valence-corrected chi connectivity index (χ3v) is 10.3. The van der Waals surface area contributed by atoms with Crippen LogP contribution in [-0.4, -0.2) is 86.9 Å². The molecule has 1 heterocycles. The Morgan fingerprint density at radius 3 is 2.35 bits per heavy atom. The third kappa shape index (κ3) is 4.06. The van der Waals surface area contributed by atoms with E-state index in [9.17, 15) is 34.2 Å².